The Morgan fingerprint density at radius 1 is 1.40 bits per heavy atom. The van der Waals surface area contributed by atoms with Crippen molar-refractivity contribution < 1.29 is 4.79 Å². The largest absolute Gasteiger partial charge is 0.355 e. The summed E-state index contributed by atoms with van der Waals surface area (Å²) < 4.78 is 0. The van der Waals surface area contributed by atoms with Crippen LogP contribution in [0.25, 0.3) is 0 Å². The molecule has 2 unspecified atom stereocenters. The topological polar surface area (TPSA) is 55.1 Å². The fourth-order valence-corrected chi connectivity index (χ4v) is 2.96. The molecule has 3 nitrogen and oxygen atoms in total. The van der Waals surface area contributed by atoms with E-state index in [0.29, 0.717) is 6.54 Å². The second kappa shape index (κ2) is 7.79. The molecule has 0 aromatic carbocycles. The van der Waals surface area contributed by atoms with E-state index >= 15 is 0 Å². The van der Waals surface area contributed by atoms with Crippen LogP contribution in [0.1, 0.15) is 51.8 Å². The van der Waals surface area contributed by atoms with Crippen LogP contribution >= 0.6 is 11.3 Å². The highest BCUT2D eigenvalue weighted by Crippen LogP contribution is 2.26. The molecule has 0 aliphatic carbocycles. The van der Waals surface area contributed by atoms with Gasteiger partial charge in [-0.05, 0) is 31.2 Å². The molecule has 0 spiro atoms. The summed E-state index contributed by atoms with van der Waals surface area (Å²) in [5.74, 6) is 0.215. The Bertz CT molecular complexity index is 399. The molecule has 0 fully saturated rings. The molecule has 1 heterocycles. The Morgan fingerprint density at radius 3 is 2.65 bits per heavy atom. The highest BCUT2D eigenvalue weighted by molar-refractivity contribution is 7.10. The maximum absolute atomic E-state index is 12.1. The monoisotopic (exact) mass is 296 g/mol. The number of hydrogen-bond donors (Lipinski definition) is 2. The third-order valence-corrected chi connectivity index (χ3v) is 4.87. The molecule has 1 amide bonds. The summed E-state index contributed by atoms with van der Waals surface area (Å²) in [6, 6.07) is 4.41. The number of thiophene rings is 1. The number of carbonyl (C=O) groups excluding carboxylic acids is 1. The highest BCUT2D eigenvalue weighted by atomic mass is 32.1. The molecule has 114 valence electrons. The van der Waals surface area contributed by atoms with Crippen molar-refractivity contribution in [2.45, 2.75) is 58.4 Å². The minimum atomic E-state index is -0.00464. The minimum Gasteiger partial charge on any atom is -0.355 e. The van der Waals surface area contributed by atoms with Crippen molar-refractivity contribution in [3.63, 3.8) is 0 Å². The first kappa shape index (κ1) is 17.2. The van der Waals surface area contributed by atoms with E-state index in [9.17, 15) is 4.79 Å². The zero-order chi connectivity index (χ0) is 15.2. The molecular formula is C16H28N2OS. The predicted molar refractivity (Wildman–Crippen MR) is 87.0 cm³/mol. The standard InChI is InChI=1S/C16H28N2OS/c1-12(7-5-8-13(2)17)15(19)18-11-16(3,4)14-9-6-10-20-14/h6,9-10,12-13H,5,7-8,11,17H2,1-4H3,(H,18,19). The van der Waals surface area contributed by atoms with Crippen molar-refractivity contribution in [2.75, 3.05) is 6.54 Å². The van der Waals surface area contributed by atoms with E-state index in [1.807, 2.05) is 13.8 Å². The van der Waals surface area contributed by atoms with Gasteiger partial charge in [0.05, 0.1) is 0 Å². The summed E-state index contributed by atoms with van der Waals surface area (Å²) >= 11 is 1.74. The first-order valence-corrected chi connectivity index (χ1v) is 8.28. The van der Waals surface area contributed by atoms with Gasteiger partial charge in [0, 0.05) is 28.8 Å². The molecule has 1 aromatic rings. The lowest BCUT2D eigenvalue weighted by molar-refractivity contribution is -0.124. The van der Waals surface area contributed by atoms with Crippen molar-refractivity contribution in [2.24, 2.45) is 11.7 Å². The maximum atomic E-state index is 12.1. The lowest BCUT2D eigenvalue weighted by Gasteiger charge is -2.24. The summed E-state index contributed by atoms with van der Waals surface area (Å²) in [4.78, 5) is 13.4. The number of nitrogens with one attached hydrogen (secondary N) is 1. The Labute approximate surface area is 127 Å². The zero-order valence-electron chi connectivity index (χ0n) is 13.1. The lowest BCUT2D eigenvalue weighted by Crippen LogP contribution is -2.38. The number of amides is 1. The van der Waals surface area contributed by atoms with E-state index in [0.717, 1.165) is 19.3 Å². The van der Waals surface area contributed by atoms with Gasteiger partial charge in [-0.15, -0.1) is 11.3 Å². The fourth-order valence-electron chi connectivity index (χ4n) is 2.11. The van der Waals surface area contributed by atoms with Gasteiger partial charge in [-0.3, -0.25) is 4.79 Å². The van der Waals surface area contributed by atoms with Crippen molar-refractivity contribution in [3.8, 4) is 0 Å². The molecule has 20 heavy (non-hydrogen) atoms. The fraction of sp³-hybridized carbons (Fsp3) is 0.688. The highest BCUT2D eigenvalue weighted by Gasteiger charge is 2.23. The summed E-state index contributed by atoms with van der Waals surface area (Å²) in [6.45, 7) is 9.02. The first-order valence-electron chi connectivity index (χ1n) is 7.40. The zero-order valence-corrected chi connectivity index (χ0v) is 13.9. The number of rotatable bonds is 8. The van der Waals surface area contributed by atoms with Crippen LogP contribution in [0, 0.1) is 5.92 Å². The van der Waals surface area contributed by atoms with Crippen molar-refractivity contribution >= 4 is 17.2 Å². The van der Waals surface area contributed by atoms with Crippen LogP contribution in [-0.2, 0) is 10.2 Å². The molecule has 2 atom stereocenters. The maximum Gasteiger partial charge on any atom is 0.222 e. The van der Waals surface area contributed by atoms with E-state index in [4.69, 9.17) is 5.73 Å². The molecule has 4 heteroatoms. The molecule has 0 aliphatic rings. The van der Waals surface area contributed by atoms with Gasteiger partial charge >= 0.3 is 0 Å². The number of carbonyl (C=O) groups is 1. The molecular weight excluding hydrogens is 268 g/mol. The van der Waals surface area contributed by atoms with Gasteiger partial charge < -0.3 is 11.1 Å². The van der Waals surface area contributed by atoms with Crippen LogP contribution in [0.5, 0.6) is 0 Å². The van der Waals surface area contributed by atoms with Crippen LogP contribution in [0.2, 0.25) is 0 Å². The molecule has 0 saturated carbocycles. The molecule has 3 N–H and O–H groups in total. The molecule has 0 saturated heterocycles. The van der Waals surface area contributed by atoms with E-state index in [1.54, 1.807) is 11.3 Å². The summed E-state index contributed by atoms with van der Waals surface area (Å²) in [6.07, 6.45) is 2.91. The van der Waals surface area contributed by atoms with Crippen molar-refractivity contribution in [3.05, 3.63) is 22.4 Å². The Hall–Kier alpha value is -0.870. The third kappa shape index (κ3) is 5.63. The molecule has 0 radical (unpaired) electrons. The van der Waals surface area contributed by atoms with Gasteiger partial charge in [0.1, 0.15) is 0 Å². The second-order valence-corrected chi connectivity index (χ2v) is 7.34. The summed E-state index contributed by atoms with van der Waals surface area (Å²) in [5.41, 5.74) is 5.72. The normalized spacial score (nSPS) is 14.8. The smallest absolute Gasteiger partial charge is 0.222 e. The van der Waals surface area contributed by atoms with Gasteiger partial charge in [0.15, 0.2) is 0 Å². The van der Waals surface area contributed by atoms with Crippen LogP contribution in [0.3, 0.4) is 0 Å². The third-order valence-electron chi connectivity index (χ3n) is 3.64. The van der Waals surface area contributed by atoms with E-state index in [-0.39, 0.29) is 23.3 Å². The Morgan fingerprint density at radius 2 is 2.10 bits per heavy atom. The average Bonchev–Trinajstić information content (AvgIpc) is 2.90. The summed E-state index contributed by atoms with van der Waals surface area (Å²) in [7, 11) is 0. The van der Waals surface area contributed by atoms with Gasteiger partial charge in [0.25, 0.3) is 0 Å². The number of nitrogens with two attached hydrogens (primary N) is 1. The van der Waals surface area contributed by atoms with E-state index < -0.39 is 0 Å². The van der Waals surface area contributed by atoms with Crippen LogP contribution < -0.4 is 11.1 Å². The van der Waals surface area contributed by atoms with Crippen molar-refractivity contribution in [1.82, 2.24) is 5.32 Å². The number of hydrogen-bond acceptors (Lipinski definition) is 3. The SMILES string of the molecule is CC(N)CCCC(C)C(=O)NCC(C)(C)c1cccs1. The second-order valence-electron chi connectivity index (χ2n) is 6.39. The Kier molecular flexibility index (Phi) is 6.69. The van der Waals surface area contributed by atoms with E-state index in [2.05, 4.69) is 36.7 Å². The first-order chi connectivity index (χ1) is 9.33. The predicted octanol–water partition coefficient (Wildman–Crippen LogP) is 3.30. The van der Waals surface area contributed by atoms with Gasteiger partial charge in [-0.2, -0.15) is 0 Å². The molecule has 1 aromatic heterocycles. The van der Waals surface area contributed by atoms with Crippen molar-refractivity contribution in [1.29, 1.82) is 0 Å². The Balaban J connectivity index is 2.35. The van der Waals surface area contributed by atoms with Crippen LogP contribution in [0.15, 0.2) is 17.5 Å². The van der Waals surface area contributed by atoms with Crippen LogP contribution in [0.4, 0.5) is 0 Å². The van der Waals surface area contributed by atoms with Gasteiger partial charge in [-0.25, -0.2) is 0 Å². The van der Waals surface area contributed by atoms with Gasteiger partial charge in [-0.1, -0.05) is 33.3 Å². The molecule has 0 bridgehead atoms. The van der Waals surface area contributed by atoms with E-state index in [1.165, 1.54) is 4.88 Å². The van der Waals surface area contributed by atoms with Gasteiger partial charge in [0.2, 0.25) is 5.91 Å². The quantitative estimate of drug-likeness (QED) is 0.773. The summed E-state index contributed by atoms with van der Waals surface area (Å²) in [5, 5.41) is 5.16. The lowest BCUT2D eigenvalue weighted by atomic mass is 9.91. The molecule has 1 rings (SSSR count). The minimum absolute atomic E-state index is 0.00464. The van der Waals surface area contributed by atoms with Crippen LogP contribution in [-0.4, -0.2) is 18.5 Å². The average molecular weight is 296 g/mol. The molecule has 0 aliphatic heterocycles.